The standard InChI is InChI=1S/C16H22FN3/c1-11-9-15(17)6-5-14(11)7-8-18-10-16-12(2)19-20(4)13(16)3/h5-6,9,18H,7-8,10H2,1-4H3. The van der Waals surface area contributed by atoms with Crippen molar-refractivity contribution in [1.82, 2.24) is 15.1 Å². The molecular weight excluding hydrogens is 253 g/mol. The summed E-state index contributed by atoms with van der Waals surface area (Å²) in [5.41, 5.74) is 5.76. The van der Waals surface area contributed by atoms with Crippen LogP contribution in [-0.2, 0) is 20.0 Å². The van der Waals surface area contributed by atoms with Gasteiger partial charge in [-0.25, -0.2) is 4.39 Å². The topological polar surface area (TPSA) is 29.9 Å². The number of aromatic nitrogens is 2. The van der Waals surface area contributed by atoms with Gasteiger partial charge in [0.05, 0.1) is 5.69 Å². The van der Waals surface area contributed by atoms with Crippen molar-refractivity contribution in [3.63, 3.8) is 0 Å². The van der Waals surface area contributed by atoms with E-state index >= 15 is 0 Å². The molecule has 0 aliphatic rings. The number of nitrogens with one attached hydrogen (secondary N) is 1. The number of nitrogens with zero attached hydrogens (tertiary/aromatic N) is 2. The van der Waals surface area contributed by atoms with Crippen LogP contribution < -0.4 is 5.32 Å². The van der Waals surface area contributed by atoms with Gasteiger partial charge in [0.25, 0.3) is 0 Å². The minimum absolute atomic E-state index is 0.166. The molecule has 4 heteroatoms. The molecule has 0 fully saturated rings. The Labute approximate surface area is 119 Å². The molecule has 0 amide bonds. The fraction of sp³-hybridized carbons (Fsp3) is 0.438. The molecule has 0 radical (unpaired) electrons. The minimum atomic E-state index is -0.166. The van der Waals surface area contributed by atoms with E-state index in [4.69, 9.17) is 0 Å². The van der Waals surface area contributed by atoms with Gasteiger partial charge in [-0.2, -0.15) is 5.10 Å². The van der Waals surface area contributed by atoms with E-state index in [-0.39, 0.29) is 5.82 Å². The maximum Gasteiger partial charge on any atom is 0.123 e. The second-order valence-electron chi connectivity index (χ2n) is 5.27. The number of benzene rings is 1. The Kier molecular flexibility index (Phi) is 4.55. The van der Waals surface area contributed by atoms with Crippen molar-refractivity contribution in [2.75, 3.05) is 6.54 Å². The lowest BCUT2D eigenvalue weighted by Crippen LogP contribution is -2.18. The highest BCUT2D eigenvalue weighted by atomic mass is 19.1. The van der Waals surface area contributed by atoms with Crippen molar-refractivity contribution in [3.05, 3.63) is 52.1 Å². The van der Waals surface area contributed by atoms with Gasteiger partial charge in [-0.1, -0.05) is 6.07 Å². The van der Waals surface area contributed by atoms with Crippen LogP contribution in [0, 0.1) is 26.6 Å². The molecule has 0 saturated carbocycles. The van der Waals surface area contributed by atoms with Crippen LogP contribution in [0.3, 0.4) is 0 Å². The van der Waals surface area contributed by atoms with Gasteiger partial charge in [0, 0.05) is 24.8 Å². The zero-order chi connectivity index (χ0) is 14.7. The Bertz CT molecular complexity index is 602. The molecule has 20 heavy (non-hydrogen) atoms. The summed E-state index contributed by atoms with van der Waals surface area (Å²) in [6, 6.07) is 4.98. The molecule has 0 atom stereocenters. The molecule has 1 N–H and O–H groups in total. The van der Waals surface area contributed by atoms with Crippen molar-refractivity contribution < 1.29 is 4.39 Å². The van der Waals surface area contributed by atoms with Gasteiger partial charge in [0.1, 0.15) is 5.82 Å². The maximum atomic E-state index is 13.0. The number of aryl methyl sites for hydroxylation is 3. The molecule has 0 spiro atoms. The average molecular weight is 275 g/mol. The third-order valence-corrected chi connectivity index (χ3v) is 3.84. The van der Waals surface area contributed by atoms with Crippen LogP contribution in [0.5, 0.6) is 0 Å². The average Bonchev–Trinajstić information content (AvgIpc) is 2.62. The predicted molar refractivity (Wildman–Crippen MR) is 79.2 cm³/mol. The highest BCUT2D eigenvalue weighted by Crippen LogP contribution is 2.12. The third kappa shape index (κ3) is 3.25. The van der Waals surface area contributed by atoms with E-state index in [1.165, 1.54) is 22.9 Å². The van der Waals surface area contributed by atoms with E-state index in [0.717, 1.165) is 30.8 Å². The molecule has 0 aliphatic carbocycles. The maximum absolute atomic E-state index is 13.0. The normalized spacial score (nSPS) is 11.1. The summed E-state index contributed by atoms with van der Waals surface area (Å²) in [5.74, 6) is -0.166. The van der Waals surface area contributed by atoms with E-state index in [1.807, 2.05) is 31.6 Å². The number of hydrogen-bond acceptors (Lipinski definition) is 2. The Morgan fingerprint density at radius 2 is 2.00 bits per heavy atom. The zero-order valence-electron chi connectivity index (χ0n) is 12.6. The predicted octanol–water partition coefficient (Wildman–Crippen LogP) is 2.82. The van der Waals surface area contributed by atoms with Crippen LogP contribution in [0.4, 0.5) is 4.39 Å². The van der Waals surface area contributed by atoms with Crippen molar-refractivity contribution in [2.24, 2.45) is 7.05 Å². The van der Waals surface area contributed by atoms with Crippen LogP contribution in [0.1, 0.15) is 28.1 Å². The molecule has 1 aromatic carbocycles. The second-order valence-corrected chi connectivity index (χ2v) is 5.27. The summed E-state index contributed by atoms with van der Waals surface area (Å²) in [4.78, 5) is 0. The summed E-state index contributed by atoms with van der Waals surface area (Å²) in [6.07, 6.45) is 0.907. The highest BCUT2D eigenvalue weighted by Gasteiger charge is 2.08. The summed E-state index contributed by atoms with van der Waals surface area (Å²) in [6.45, 7) is 7.77. The molecule has 2 rings (SSSR count). The van der Waals surface area contributed by atoms with Gasteiger partial charge in [0.2, 0.25) is 0 Å². The largest absolute Gasteiger partial charge is 0.312 e. The first kappa shape index (κ1) is 14.7. The molecule has 2 aromatic rings. The van der Waals surface area contributed by atoms with E-state index in [9.17, 15) is 4.39 Å². The third-order valence-electron chi connectivity index (χ3n) is 3.84. The molecule has 0 aliphatic heterocycles. The smallest absolute Gasteiger partial charge is 0.123 e. The summed E-state index contributed by atoms with van der Waals surface area (Å²) >= 11 is 0. The first-order chi connectivity index (χ1) is 9.49. The highest BCUT2D eigenvalue weighted by molar-refractivity contribution is 5.27. The molecule has 0 saturated heterocycles. The lowest BCUT2D eigenvalue weighted by Gasteiger charge is -2.08. The van der Waals surface area contributed by atoms with Crippen LogP contribution in [0.2, 0.25) is 0 Å². The number of hydrogen-bond donors (Lipinski definition) is 1. The van der Waals surface area contributed by atoms with Crippen LogP contribution >= 0.6 is 0 Å². The molecule has 1 aromatic heterocycles. The number of rotatable bonds is 5. The number of halogens is 1. The van der Waals surface area contributed by atoms with Gasteiger partial charge >= 0.3 is 0 Å². The van der Waals surface area contributed by atoms with E-state index in [2.05, 4.69) is 17.3 Å². The Morgan fingerprint density at radius 1 is 1.25 bits per heavy atom. The molecule has 108 valence electrons. The Hall–Kier alpha value is -1.68. The van der Waals surface area contributed by atoms with Crippen molar-refractivity contribution >= 4 is 0 Å². The summed E-state index contributed by atoms with van der Waals surface area (Å²) in [5, 5.41) is 7.85. The van der Waals surface area contributed by atoms with Crippen molar-refractivity contribution in [3.8, 4) is 0 Å². The molecule has 1 heterocycles. The van der Waals surface area contributed by atoms with Crippen LogP contribution in [-0.4, -0.2) is 16.3 Å². The van der Waals surface area contributed by atoms with E-state index < -0.39 is 0 Å². The molecular formula is C16H22FN3. The lowest BCUT2D eigenvalue weighted by atomic mass is 10.1. The first-order valence-corrected chi connectivity index (χ1v) is 6.94. The lowest BCUT2D eigenvalue weighted by molar-refractivity contribution is 0.624. The van der Waals surface area contributed by atoms with Crippen molar-refractivity contribution in [1.29, 1.82) is 0 Å². The fourth-order valence-electron chi connectivity index (χ4n) is 2.45. The Balaban J connectivity index is 1.87. The van der Waals surface area contributed by atoms with Crippen LogP contribution in [0.15, 0.2) is 18.2 Å². The van der Waals surface area contributed by atoms with Gasteiger partial charge in [0.15, 0.2) is 0 Å². The summed E-state index contributed by atoms with van der Waals surface area (Å²) in [7, 11) is 1.97. The monoisotopic (exact) mass is 275 g/mol. The van der Waals surface area contributed by atoms with Crippen LogP contribution in [0.25, 0.3) is 0 Å². The summed E-state index contributed by atoms with van der Waals surface area (Å²) < 4.78 is 14.9. The zero-order valence-corrected chi connectivity index (χ0v) is 12.6. The second kappa shape index (κ2) is 6.18. The first-order valence-electron chi connectivity index (χ1n) is 6.94. The molecule has 0 bridgehead atoms. The van der Waals surface area contributed by atoms with Crippen molar-refractivity contribution in [2.45, 2.75) is 33.7 Å². The van der Waals surface area contributed by atoms with E-state index in [0.29, 0.717) is 0 Å². The minimum Gasteiger partial charge on any atom is -0.312 e. The Morgan fingerprint density at radius 3 is 2.60 bits per heavy atom. The SMILES string of the molecule is Cc1cc(F)ccc1CCNCc1c(C)nn(C)c1C. The molecule has 0 unspecified atom stereocenters. The van der Waals surface area contributed by atoms with Gasteiger partial charge in [-0.3, -0.25) is 4.68 Å². The quantitative estimate of drug-likeness (QED) is 0.850. The molecule has 3 nitrogen and oxygen atoms in total. The fourth-order valence-corrected chi connectivity index (χ4v) is 2.45. The van der Waals surface area contributed by atoms with Gasteiger partial charge in [-0.05, 0) is 57.0 Å². The van der Waals surface area contributed by atoms with E-state index in [1.54, 1.807) is 6.07 Å². The van der Waals surface area contributed by atoms with Gasteiger partial charge < -0.3 is 5.32 Å². The van der Waals surface area contributed by atoms with Gasteiger partial charge in [-0.15, -0.1) is 0 Å².